The second-order valence-electron chi connectivity index (χ2n) is 12.8. The predicted octanol–water partition coefficient (Wildman–Crippen LogP) is 7.08. The molecule has 5 aromatic carbocycles. The minimum Gasteiger partial charge on any atom is -0.505 e. The Balaban J connectivity index is 1.48. The summed E-state index contributed by atoms with van der Waals surface area (Å²) in [6.45, 7) is -0.904. The van der Waals surface area contributed by atoms with E-state index in [1.807, 2.05) is 91.0 Å². The predicted molar refractivity (Wildman–Crippen MR) is 194 cm³/mol. The van der Waals surface area contributed by atoms with Crippen molar-refractivity contribution >= 4 is 11.6 Å². The standard InChI is InChI=1S/C42H42ClFO8/c1-48-42(34-18-19-35(43)33(23-34)21-32-17-20-37(47)36(44)22-32)40(51-26-31-15-9-4-10-16-31)38(49-24-29-11-5-2-6-12-29)39(41(27-45,28-46)52-42)50-25-30-13-7-3-8-14-30/h2-20,22-23,38-40,45-47H,21,24-28H2,1H3. The summed E-state index contributed by atoms with van der Waals surface area (Å²) in [6, 6.07) is 38.1. The van der Waals surface area contributed by atoms with Crippen LogP contribution >= 0.6 is 11.6 Å². The highest BCUT2D eigenvalue weighted by atomic mass is 35.5. The van der Waals surface area contributed by atoms with Crippen LogP contribution < -0.4 is 0 Å². The molecule has 0 radical (unpaired) electrons. The summed E-state index contributed by atoms with van der Waals surface area (Å²) in [5.74, 6) is -3.00. The number of rotatable bonds is 15. The van der Waals surface area contributed by atoms with Gasteiger partial charge in [-0.05, 0) is 58.5 Å². The summed E-state index contributed by atoms with van der Waals surface area (Å²) in [5.41, 5.74) is 2.51. The molecule has 10 heteroatoms. The van der Waals surface area contributed by atoms with Crippen molar-refractivity contribution in [1.29, 1.82) is 0 Å². The van der Waals surface area contributed by atoms with Crippen LogP contribution in [0.4, 0.5) is 4.39 Å². The number of ether oxygens (including phenoxy) is 5. The molecule has 272 valence electrons. The van der Waals surface area contributed by atoms with Gasteiger partial charge in [-0.15, -0.1) is 0 Å². The van der Waals surface area contributed by atoms with Gasteiger partial charge in [-0.2, -0.15) is 0 Å². The van der Waals surface area contributed by atoms with E-state index in [2.05, 4.69) is 0 Å². The summed E-state index contributed by atoms with van der Waals surface area (Å²) < 4.78 is 47.7. The number of phenols is 1. The Bertz CT molecular complexity index is 1880. The minimum atomic E-state index is -1.80. The lowest BCUT2D eigenvalue weighted by Crippen LogP contribution is -2.72. The third-order valence-electron chi connectivity index (χ3n) is 9.37. The van der Waals surface area contributed by atoms with Crippen LogP contribution in [-0.4, -0.2) is 59.6 Å². The fraction of sp³-hybridized carbons (Fsp3) is 0.286. The number of benzene rings is 5. The van der Waals surface area contributed by atoms with E-state index in [0.717, 1.165) is 16.7 Å². The number of hydrogen-bond acceptors (Lipinski definition) is 8. The van der Waals surface area contributed by atoms with E-state index in [1.165, 1.54) is 19.2 Å². The molecule has 1 fully saturated rings. The number of hydrogen-bond donors (Lipinski definition) is 3. The first-order chi connectivity index (χ1) is 25.3. The Morgan fingerprint density at radius 3 is 1.73 bits per heavy atom. The topological polar surface area (TPSA) is 107 Å². The third-order valence-corrected chi connectivity index (χ3v) is 9.74. The van der Waals surface area contributed by atoms with Crippen LogP contribution in [0, 0.1) is 5.82 Å². The fourth-order valence-electron chi connectivity index (χ4n) is 6.61. The smallest absolute Gasteiger partial charge is 0.225 e. The Labute approximate surface area is 307 Å². The zero-order chi connectivity index (χ0) is 36.6. The molecule has 0 bridgehead atoms. The first-order valence-corrected chi connectivity index (χ1v) is 17.4. The largest absolute Gasteiger partial charge is 0.505 e. The van der Waals surface area contributed by atoms with Crippen LogP contribution in [0.2, 0.25) is 5.02 Å². The van der Waals surface area contributed by atoms with E-state index in [-0.39, 0.29) is 26.2 Å². The monoisotopic (exact) mass is 728 g/mol. The lowest BCUT2D eigenvalue weighted by molar-refractivity contribution is -0.417. The summed E-state index contributed by atoms with van der Waals surface area (Å²) >= 11 is 6.72. The van der Waals surface area contributed by atoms with Crippen molar-refractivity contribution in [3.63, 3.8) is 0 Å². The molecule has 52 heavy (non-hydrogen) atoms. The van der Waals surface area contributed by atoms with Crippen molar-refractivity contribution in [2.75, 3.05) is 20.3 Å². The maximum Gasteiger partial charge on any atom is 0.225 e. The van der Waals surface area contributed by atoms with Crippen molar-refractivity contribution < 1.29 is 43.4 Å². The van der Waals surface area contributed by atoms with Crippen LogP contribution in [0.1, 0.15) is 33.4 Å². The Morgan fingerprint density at radius 1 is 0.673 bits per heavy atom. The van der Waals surface area contributed by atoms with Gasteiger partial charge in [0.25, 0.3) is 0 Å². The molecule has 0 spiro atoms. The second-order valence-corrected chi connectivity index (χ2v) is 13.2. The molecule has 1 heterocycles. The van der Waals surface area contributed by atoms with Gasteiger partial charge in [0.2, 0.25) is 5.79 Å². The van der Waals surface area contributed by atoms with Gasteiger partial charge in [0, 0.05) is 17.7 Å². The highest BCUT2D eigenvalue weighted by Crippen LogP contribution is 2.48. The molecule has 0 saturated carbocycles. The van der Waals surface area contributed by atoms with Gasteiger partial charge in [-0.25, -0.2) is 4.39 Å². The van der Waals surface area contributed by atoms with Crippen LogP contribution in [0.5, 0.6) is 5.75 Å². The van der Waals surface area contributed by atoms with E-state index in [4.69, 9.17) is 35.3 Å². The molecule has 1 saturated heterocycles. The average molecular weight is 729 g/mol. The summed E-state index contributed by atoms with van der Waals surface area (Å²) in [7, 11) is 1.46. The molecule has 4 atom stereocenters. The normalized spacial score (nSPS) is 21.2. The number of aliphatic hydroxyl groups excluding tert-OH is 2. The Kier molecular flexibility index (Phi) is 12.4. The lowest BCUT2D eigenvalue weighted by atomic mass is 9.80. The molecule has 3 N–H and O–H groups in total. The van der Waals surface area contributed by atoms with Gasteiger partial charge in [0.05, 0.1) is 33.0 Å². The van der Waals surface area contributed by atoms with Crippen LogP contribution in [0.3, 0.4) is 0 Å². The molecule has 0 amide bonds. The molecule has 0 aliphatic carbocycles. The number of phenolic OH excluding ortho intramolecular Hbond substituents is 1. The fourth-order valence-corrected chi connectivity index (χ4v) is 6.79. The van der Waals surface area contributed by atoms with Crippen molar-refractivity contribution in [1.82, 2.24) is 0 Å². The molecule has 1 aliphatic rings. The van der Waals surface area contributed by atoms with Crippen LogP contribution in [0.15, 0.2) is 127 Å². The highest BCUT2D eigenvalue weighted by Gasteiger charge is 2.64. The van der Waals surface area contributed by atoms with Crippen LogP contribution in [-0.2, 0) is 55.7 Å². The minimum absolute atomic E-state index is 0.126. The molecular formula is C42H42ClFO8. The number of aromatic hydroxyl groups is 1. The molecular weight excluding hydrogens is 687 g/mol. The Hall–Kier alpha value is -4.16. The summed E-state index contributed by atoms with van der Waals surface area (Å²) in [5, 5.41) is 32.4. The maximum atomic E-state index is 14.3. The SMILES string of the molecule is COC1(c2ccc(Cl)c(Cc3ccc(O)c(F)c3)c2)OC(CO)(CO)C(OCc2ccccc2)C(OCc2ccccc2)C1OCc1ccccc1. The summed E-state index contributed by atoms with van der Waals surface area (Å²) in [4.78, 5) is 0. The molecule has 6 rings (SSSR count). The molecule has 5 aromatic rings. The second kappa shape index (κ2) is 17.1. The Morgan fingerprint density at radius 2 is 1.21 bits per heavy atom. The highest BCUT2D eigenvalue weighted by molar-refractivity contribution is 6.31. The van der Waals surface area contributed by atoms with E-state index in [9.17, 15) is 19.7 Å². The third kappa shape index (κ3) is 8.23. The molecule has 0 aromatic heterocycles. The quantitative estimate of drug-likeness (QED) is 0.105. The van der Waals surface area contributed by atoms with Gasteiger partial charge in [-0.3, -0.25) is 0 Å². The number of aliphatic hydroxyl groups is 2. The maximum absolute atomic E-state index is 14.3. The lowest BCUT2D eigenvalue weighted by Gasteiger charge is -2.56. The number of methoxy groups -OCH3 is 1. The van der Waals surface area contributed by atoms with Crippen LogP contribution in [0.25, 0.3) is 0 Å². The zero-order valence-electron chi connectivity index (χ0n) is 28.7. The van der Waals surface area contributed by atoms with Gasteiger partial charge >= 0.3 is 0 Å². The van der Waals surface area contributed by atoms with E-state index >= 15 is 0 Å². The van der Waals surface area contributed by atoms with Crippen molar-refractivity contribution in [2.45, 2.75) is 55.9 Å². The first-order valence-electron chi connectivity index (χ1n) is 17.0. The molecule has 8 nitrogen and oxygen atoms in total. The van der Waals surface area contributed by atoms with Gasteiger partial charge in [-0.1, -0.05) is 115 Å². The molecule has 4 unspecified atom stereocenters. The van der Waals surface area contributed by atoms with Gasteiger partial charge in [0.15, 0.2) is 11.6 Å². The van der Waals surface area contributed by atoms with Crippen molar-refractivity contribution in [3.8, 4) is 5.75 Å². The van der Waals surface area contributed by atoms with Gasteiger partial charge in [0.1, 0.15) is 23.9 Å². The van der Waals surface area contributed by atoms with Crippen molar-refractivity contribution in [3.05, 3.63) is 172 Å². The average Bonchev–Trinajstić information content (AvgIpc) is 3.19. The molecule has 1 aliphatic heterocycles. The van der Waals surface area contributed by atoms with E-state index in [0.29, 0.717) is 21.7 Å². The van der Waals surface area contributed by atoms with Crippen molar-refractivity contribution in [2.24, 2.45) is 0 Å². The summed E-state index contributed by atoms with van der Waals surface area (Å²) in [6.07, 6.45) is -2.87. The van der Waals surface area contributed by atoms with E-state index in [1.54, 1.807) is 24.3 Å². The van der Waals surface area contributed by atoms with E-state index < -0.39 is 54.5 Å². The van der Waals surface area contributed by atoms with Gasteiger partial charge < -0.3 is 39.0 Å². The zero-order valence-corrected chi connectivity index (χ0v) is 29.5. The first kappa shape index (κ1) is 37.6. The number of halogens is 2.